The predicted molar refractivity (Wildman–Crippen MR) is 64.5 cm³/mol. The van der Waals surface area contributed by atoms with Crippen molar-refractivity contribution in [1.29, 1.82) is 0 Å². The molecule has 1 heterocycles. The van der Waals surface area contributed by atoms with E-state index in [1.807, 2.05) is 7.05 Å². The van der Waals surface area contributed by atoms with E-state index in [4.69, 9.17) is 0 Å². The zero-order valence-electron chi connectivity index (χ0n) is 9.87. The van der Waals surface area contributed by atoms with Crippen molar-refractivity contribution < 1.29 is 0 Å². The molecule has 2 rings (SSSR count). The zero-order valence-corrected chi connectivity index (χ0v) is 9.87. The first-order valence-corrected chi connectivity index (χ1v) is 5.96. The summed E-state index contributed by atoms with van der Waals surface area (Å²) in [5.41, 5.74) is 1.25. The number of nitrogens with zero attached hydrogens (tertiary/aromatic N) is 1. The van der Waals surface area contributed by atoms with Gasteiger partial charge in [-0.05, 0) is 31.2 Å². The van der Waals surface area contributed by atoms with Crippen LogP contribution in [0.15, 0.2) is 24.4 Å². The minimum Gasteiger partial charge on any atom is -0.374 e. The second-order valence-corrected chi connectivity index (χ2v) is 4.95. The highest BCUT2D eigenvalue weighted by molar-refractivity contribution is 5.08. The molecular weight excluding hydrogens is 184 g/mol. The summed E-state index contributed by atoms with van der Waals surface area (Å²) in [5, 5.41) is 3.18. The molecule has 0 saturated carbocycles. The van der Waals surface area contributed by atoms with Gasteiger partial charge in [-0.25, -0.2) is 0 Å². The van der Waals surface area contributed by atoms with Gasteiger partial charge < -0.3 is 10.2 Å². The summed E-state index contributed by atoms with van der Waals surface area (Å²) in [4.78, 5) is 2.47. The van der Waals surface area contributed by atoms with Crippen LogP contribution < -0.4 is 5.32 Å². The fourth-order valence-corrected chi connectivity index (χ4v) is 2.93. The van der Waals surface area contributed by atoms with Gasteiger partial charge in [-0.3, -0.25) is 0 Å². The number of fused-ring (bicyclic) bond motifs is 1. The predicted octanol–water partition coefficient (Wildman–Crippen LogP) is 1.86. The highest BCUT2D eigenvalue weighted by atomic mass is 15.2. The van der Waals surface area contributed by atoms with E-state index in [1.54, 1.807) is 0 Å². The van der Waals surface area contributed by atoms with E-state index < -0.39 is 0 Å². The average Bonchev–Trinajstić information content (AvgIpc) is 2.63. The Balaban J connectivity index is 1.97. The molecule has 2 unspecified atom stereocenters. The first-order valence-electron chi connectivity index (χ1n) is 5.96. The first-order chi connectivity index (χ1) is 7.22. The van der Waals surface area contributed by atoms with Gasteiger partial charge in [-0.1, -0.05) is 25.7 Å². The Kier molecular flexibility index (Phi) is 3.15. The molecule has 0 radical (unpaired) electrons. The molecule has 0 aromatic rings. The number of allylic oxidation sites excluding steroid dienone is 2. The maximum Gasteiger partial charge on any atom is 0.0347 e. The summed E-state index contributed by atoms with van der Waals surface area (Å²) in [6.07, 6.45) is 6.00. The largest absolute Gasteiger partial charge is 0.374 e. The Morgan fingerprint density at radius 3 is 3.00 bits per heavy atom. The van der Waals surface area contributed by atoms with E-state index in [-0.39, 0.29) is 0 Å². The molecule has 84 valence electrons. The van der Waals surface area contributed by atoms with Gasteiger partial charge in [0.25, 0.3) is 0 Å². The summed E-state index contributed by atoms with van der Waals surface area (Å²) >= 11 is 0. The van der Waals surface area contributed by atoms with Crippen LogP contribution in [0, 0.1) is 17.8 Å². The van der Waals surface area contributed by atoms with Crippen molar-refractivity contribution in [3.63, 3.8) is 0 Å². The molecule has 0 spiro atoms. The minimum absolute atomic E-state index is 0.746. The summed E-state index contributed by atoms with van der Waals surface area (Å²) in [7, 11) is 1.98. The summed E-state index contributed by atoms with van der Waals surface area (Å²) in [5.74, 6) is 2.46. The molecule has 2 aliphatic rings. The maximum absolute atomic E-state index is 4.15. The molecule has 0 aromatic carbocycles. The van der Waals surface area contributed by atoms with Gasteiger partial charge in [-0.15, -0.1) is 0 Å². The fraction of sp³-hybridized carbons (Fsp3) is 0.692. The van der Waals surface area contributed by atoms with Gasteiger partial charge in [-0.2, -0.15) is 0 Å². The number of likely N-dealkylation sites (N-methyl/N-ethyl adjacent to an activating group) is 1. The van der Waals surface area contributed by atoms with Crippen LogP contribution in [-0.4, -0.2) is 31.6 Å². The van der Waals surface area contributed by atoms with Crippen LogP contribution in [0.5, 0.6) is 0 Å². The van der Waals surface area contributed by atoms with Crippen molar-refractivity contribution >= 4 is 0 Å². The topological polar surface area (TPSA) is 15.3 Å². The lowest BCUT2D eigenvalue weighted by molar-refractivity contribution is 0.327. The molecule has 0 bridgehead atoms. The molecule has 0 aromatic heterocycles. The third-order valence-electron chi connectivity index (χ3n) is 3.87. The molecule has 2 heteroatoms. The molecule has 1 fully saturated rings. The number of rotatable bonds is 3. The van der Waals surface area contributed by atoms with Crippen LogP contribution in [0.2, 0.25) is 0 Å². The molecule has 15 heavy (non-hydrogen) atoms. The van der Waals surface area contributed by atoms with Crippen molar-refractivity contribution in [3.8, 4) is 0 Å². The van der Waals surface area contributed by atoms with Crippen LogP contribution in [0.1, 0.15) is 13.3 Å². The van der Waals surface area contributed by atoms with E-state index >= 15 is 0 Å². The van der Waals surface area contributed by atoms with E-state index in [9.17, 15) is 0 Å². The Bertz CT molecular complexity index is 270. The normalized spacial score (nSPS) is 34.3. The third-order valence-corrected chi connectivity index (χ3v) is 3.87. The quantitative estimate of drug-likeness (QED) is 0.709. The third kappa shape index (κ3) is 2.10. The van der Waals surface area contributed by atoms with Gasteiger partial charge in [0.2, 0.25) is 0 Å². The van der Waals surface area contributed by atoms with Crippen molar-refractivity contribution in [2.24, 2.45) is 17.8 Å². The highest BCUT2D eigenvalue weighted by Crippen LogP contribution is 2.37. The fourth-order valence-electron chi connectivity index (χ4n) is 2.93. The Morgan fingerprint density at radius 1 is 1.53 bits per heavy atom. The monoisotopic (exact) mass is 206 g/mol. The van der Waals surface area contributed by atoms with Crippen LogP contribution in [0.25, 0.3) is 0 Å². The number of hydrogen-bond acceptors (Lipinski definition) is 2. The average molecular weight is 206 g/mol. The van der Waals surface area contributed by atoms with Gasteiger partial charge in [0.1, 0.15) is 0 Å². The first kappa shape index (κ1) is 10.7. The molecule has 1 aliphatic heterocycles. The molecule has 1 aliphatic carbocycles. The van der Waals surface area contributed by atoms with E-state index in [0.717, 1.165) is 24.3 Å². The summed E-state index contributed by atoms with van der Waals surface area (Å²) in [6, 6.07) is 0. The number of hydrogen-bond donors (Lipinski definition) is 1. The summed E-state index contributed by atoms with van der Waals surface area (Å²) in [6.45, 7) is 9.83. The minimum atomic E-state index is 0.746. The number of nitrogens with one attached hydrogen (secondary N) is 1. The number of likely N-dealkylation sites (tertiary alicyclic amines) is 1. The van der Waals surface area contributed by atoms with E-state index in [0.29, 0.717) is 0 Å². The van der Waals surface area contributed by atoms with Crippen LogP contribution in [-0.2, 0) is 0 Å². The molecule has 1 N–H and O–H groups in total. The smallest absolute Gasteiger partial charge is 0.0347 e. The molecule has 0 amide bonds. The molecule has 2 nitrogen and oxygen atoms in total. The van der Waals surface area contributed by atoms with Crippen molar-refractivity contribution in [2.45, 2.75) is 13.3 Å². The van der Waals surface area contributed by atoms with Crippen molar-refractivity contribution in [3.05, 3.63) is 24.4 Å². The van der Waals surface area contributed by atoms with Gasteiger partial charge in [0.15, 0.2) is 0 Å². The SMILES string of the molecule is C=C(CNC)N1CC2CC=C[C@@H](C)C2C1. The second kappa shape index (κ2) is 4.40. The summed E-state index contributed by atoms with van der Waals surface area (Å²) < 4.78 is 0. The van der Waals surface area contributed by atoms with Gasteiger partial charge in [0.05, 0.1) is 0 Å². The van der Waals surface area contributed by atoms with Crippen LogP contribution in [0.4, 0.5) is 0 Å². The standard InChI is InChI=1S/C13H22N2/c1-10-5-4-6-12-8-15(9-13(10)12)11(2)7-14-3/h4-5,10,12-14H,2,6-9H2,1,3H3/t10-,12?,13?/m1/s1. The Hall–Kier alpha value is -0.760. The lowest BCUT2D eigenvalue weighted by Crippen LogP contribution is -2.26. The molecular formula is C13H22N2. The molecule has 3 atom stereocenters. The Labute approximate surface area is 93.0 Å². The van der Waals surface area contributed by atoms with Crippen LogP contribution >= 0.6 is 0 Å². The highest BCUT2D eigenvalue weighted by Gasteiger charge is 2.36. The van der Waals surface area contributed by atoms with Gasteiger partial charge in [0, 0.05) is 25.3 Å². The van der Waals surface area contributed by atoms with Gasteiger partial charge >= 0.3 is 0 Å². The maximum atomic E-state index is 4.15. The van der Waals surface area contributed by atoms with E-state index in [2.05, 4.69) is 35.9 Å². The Morgan fingerprint density at radius 2 is 2.33 bits per heavy atom. The zero-order chi connectivity index (χ0) is 10.8. The van der Waals surface area contributed by atoms with Crippen molar-refractivity contribution in [2.75, 3.05) is 26.7 Å². The van der Waals surface area contributed by atoms with E-state index in [1.165, 1.54) is 25.2 Å². The lowest BCUT2D eigenvalue weighted by atomic mass is 9.79. The van der Waals surface area contributed by atoms with Crippen molar-refractivity contribution in [1.82, 2.24) is 10.2 Å². The van der Waals surface area contributed by atoms with Crippen LogP contribution in [0.3, 0.4) is 0 Å². The molecule has 1 saturated heterocycles. The second-order valence-electron chi connectivity index (χ2n) is 4.95. The lowest BCUT2D eigenvalue weighted by Gasteiger charge is -2.25.